The molecule has 0 aromatic heterocycles. The van der Waals surface area contributed by atoms with Gasteiger partial charge in [0, 0.05) is 13.1 Å². The average Bonchev–Trinajstić information content (AvgIpc) is 2.33. The summed E-state index contributed by atoms with van der Waals surface area (Å²) in [6.07, 6.45) is 2.79. The van der Waals surface area contributed by atoms with Gasteiger partial charge in [0.25, 0.3) is 0 Å². The molecule has 0 bridgehead atoms. The number of carbonyl (C=O) groups excluding carboxylic acids is 2. The van der Waals surface area contributed by atoms with Crippen molar-refractivity contribution < 1.29 is 18.7 Å². The lowest BCUT2D eigenvalue weighted by atomic mass is 10.2. The van der Waals surface area contributed by atoms with Gasteiger partial charge in [-0.25, -0.2) is 4.39 Å². The SMILES string of the molecule is CN(CC(=O)OC(C)(C)C)C(=O)/C=C/c1cccc(F)c1. The van der Waals surface area contributed by atoms with E-state index in [1.165, 1.54) is 36.2 Å². The molecule has 114 valence electrons. The lowest BCUT2D eigenvalue weighted by molar-refractivity contribution is -0.157. The standard InChI is InChI=1S/C16H20FNO3/c1-16(2,3)21-15(20)11-18(4)14(19)9-8-12-6-5-7-13(17)10-12/h5-10H,11H2,1-4H3/b9-8+. The molecule has 0 unspecified atom stereocenters. The third kappa shape index (κ3) is 6.70. The Morgan fingerprint density at radius 3 is 2.57 bits per heavy atom. The number of hydrogen-bond acceptors (Lipinski definition) is 3. The fourth-order valence-electron chi connectivity index (χ4n) is 1.55. The summed E-state index contributed by atoms with van der Waals surface area (Å²) < 4.78 is 18.1. The Labute approximate surface area is 124 Å². The Hall–Kier alpha value is -2.17. The molecule has 1 aromatic rings. The monoisotopic (exact) mass is 293 g/mol. The minimum Gasteiger partial charge on any atom is -0.459 e. The van der Waals surface area contributed by atoms with E-state index in [9.17, 15) is 14.0 Å². The van der Waals surface area contributed by atoms with Crippen LogP contribution in [-0.2, 0) is 14.3 Å². The first-order valence-corrected chi connectivity index (χ1v) is 6.58. The van der Waals surface area contributed by atoms with Crippen LogP contribution >= 0.6 is 0 Å². The maximum absolute atomic E-state index is 13.0. The van der Waals surface area contributed by atoms with Crippen molar-refractivity contribution in [3.8, 4) is 0 Å². The maximum Gasteiger partial charge on any atom is 0.326 e. The maximum atomic E-state index is 13.0. The fourth-order valence-corrected chi connectivity index (χ4v) is 1.55. The fraction of sp³-hybridized carbons (Fsp3) is 0.375. The molecule has 0 atom stereocenters. The van der Waals surface area contributed by atoms with Crippen LogP contribution in [0.25, 0.3) is 6.08 Å². The molecule has 0 aliphatic heterocycles. The molecule has 4 nitrogen and oxygen atoms in total. The minimum absolute atomic E-state index is 0.135. The van der Waals surface area contributed by atoms with Crippen molar-refractivity contribution in [3.05, 3.63) is 41.7 Å². The van der Waals surface area contributed by atoms with Gasteiger partial charge in [-0.2, -0.15) is 0 Å². The zero-order chi connectivity index (χ0) is 16.0. The highest BCUT2D eigenvalue weighted by atomic mass is 19.1. The van der Waals surface area contributed by atoms with Gasteiger partial charge < -0.3 is 9.64 Å². The Kier molecular flexibility index (Phi) is 5.64. The van der Waals surface area contributed by atoms with Crippen LogP contribution < -0.4 is 0 Å². The van der Waals surface area contributed by atoms with Crippen molar-refractivity contribution in [1.29, 1.82) is 0 Å². The van der Waals surface area contributed by atoms with Crippen LogP contribution in [0.5, 0.6) is 0 Å². The number of halogens is 1. The van der Waals surface area contributed by atoms with Gasteiger partial charge in [-0.05, 0) is 44.5 Å². The Morgan fingerprint density at radius 1 is 1.33 bits per heavy atom. The van der Waals surface area contributed by atoms with Gasteiger partial charge in [0.05, 0.1) is 0 Å². The molecule has 0 radical (unpaired) electrons. The van der Waals surface area contributed by atoms with Gasteiger partial charge in [0.2, 0.25) is 5.91 Å². The van der Waals surface area contributed by atoms with Gasteiger partial charge in [-0.15, -0.1) is 0 Å². The van der Waals surface area contributed by atoms with Crippen molar-refractivity contribution in [2.24, 2.45) is 0 Å². The lowest BCUT2D eigenvalue weighted by Gasteiger charge is -2.22. The Balaban J connectivity index is 2.57. The van der Waals surface area contributed by atoms with E-state index in [1.54, 1.807) is 32.9 Å². The summed E-state index contributed by atoms with van der Waals surface area (Å²) in [4.78, 5) is 24.7. The van der Waals surface area contributed by atoms with E-state index in [0.717, 1.165) is 0 Å². The molecule has 1 rings (SSSR count). The molecule has 0 heterocycles. The van der Waals surface area contributed by atoms with Crippen LogP contribution in [0.15, 0.2) is 30.3 Å². The zero-order valence-corrected chi connectivity index (χ0v) is 12.7. The molecular weight excluding hydrogens is 273 g/mol. The van der Waals surface area contributed by atoms with Crippen molar-refractivity contribution in [2.45, 2.75) is 26.4 Å². The smallest absolute Gasteiger partial charge is 0.326 e. The normalized spacial score (nSPS) is 11.5. The molecule has 0 fully saturated rings. The van der Waals surface area contributed by atoms with Crippen LogP contribution in [0, 0.1) is 5.82 Å². The van der Waals surface area contributed by atoms with Gasteiger partial charge in [0.15, 0.2) is 0 Å². The molecule has 0 spiro atoms. The summed E-state index contributed by atoms with van der Waals surface area (Å²) in [6, 6.07) is 5.88. The van der Waals surface area contributed by atoms with Crippen molar-refractivity contribution in [1.82, 2.24) is 4.90 Å². The second-order valence-corrected chi connectivity index (χ2v) is 5.67. The van der Waals surface area contributed by atoms with Crippen LogP contribution in [0.4, 0.5) is 4.39 Å². The van der Waals surface area contributed by atoms with E-state index in [4.69, 9.17) is 4.74 Å². The summed E-state index contributed by atoms with van der Waals surface area (Å²) in [7, 11) is 1.50. The molecule has 5 heteroatoms. The molecule has 0 aliphatic rings. The first kappa shape index (κ1) is 16.9. The zero-order valence-electron chi connectivity index (χ0n) is 12.7. The van der Waals surface area contributed by atoms with E-state index >= 15 is 0 Å². The molecule has 21 heavy (non-hydrogen) atoms. The lowest BCUT2D eigenvalue weighted by Crippen LogP contribution is -2.35. The van der Waals surface area contributed by atoms with Crippen LogP contribution in [0.2, 0.25) is 0 Å². The molecular formula is C16H20FNO3. The first-order chi connectivity index (χ1) is 9.67. The Morgan fingerprint density at radius 2 is 2.00 bits per heavy atom. The number of benzene rings is 1. The van der Waals surface area contributed by atoms with Crippen LogP contribution in [0.1, 0.15) is 26.3 Å². The number of ether oxygens (including phenoxy) is 1. The number of carbonyl (C=O) groups is 2. The number of hydrogen-bond donors (Lipinski definition) is 0. The van der Waals surface area contributed by atoms with E-state index in [1.807, 2.05) is 0 Å². The van der Waals surface area contributed by atoms with E-state index in [0.29, 0.717) is 5.56 Å². The van der Waals surface area contributed by atoms with Gasteiger partial charge in [0.1, 0.15) is 18.0 Å². The van der Waals surface area contributed by atoms with Crippen LogP contribution in [0.3, 0.4) is 0 Å². The summed E-state index contributed by atoms with van der Waals surface area (Å²) in [5, 5.41) is 0. The molecule has 1 amide bonds. The second-order valence-electron chi connectivity index (χ2n) is 5.67. The highest BCUT2D eigenvalue weighted by Gasteiger charge is 2.18. The van der Waals surface area contributed by atoms with Crippen molar-refractivity contribution >= 4 is 18.0 Å². The third-order valence-electron chi connectivity index (χ3n) is 2.43. The largest absolute Gasteiger partial charge is 0.459 e. The molecule has 0 saturated heterocycles. The van der Waals surface area contributed by atoms with E-state index < -0.39 is 11.6 Å². The highest BCUT2D eigenvalue weighted by molar-refractivity contribution is 5.93. The van der Waals surface area contributed by atoms with Crippen LogP contribution in [-0.4, -0.2) is 36.0 Å². The predicted molar refractivity (Wildman–Crippen MR) is 78.9 cm³/mol. The topological polar surface area (TPSA) is 46.6 Å². The molecule has 0 aliphatic carbocycles. The van der Waals surface area contributed by atoms with Gasteiger partial charge in [-0.1, -0.05) is 12.1 Å². The number of rotatable bonds is 4. The van der Waals surface area contributed by atoms with Gasteiger partial charge in [-0.3, -0.25) is 9.59 Å². The second kappa shape index (κ2) is 7.02. The summed E-state index contributed by atoms with van der Waals surface area (Å²) in [5.41, 5.74) is -0.00715. The molecule has 1 aromatic carbocycles. The quantitative estimate of drug-likeness (QED) is 0.633. The number of amides is 1. The van der Waals surface area contributed by atoms with Gasteiger partial charge >= 0.3 is 5.97 Å². The first-order valence-electron chi connectivity index (χ1n) is 6.58. The predicted octanol–water partition coefficient (Wildman–Crippen LogP) is 2.64. The number of nitrogens with zero attached hydrogens (tertiary/aromatic N) is 1. The minimum atomic E-state index is -0.585. The van der Waals surface area contributed by atoms with Crippen molar-refractivity contribution in [3.63, 3.8) is 0 Å². The van der Waals surface area contributed by atoms with E-state index in [-0.39, 0.29) is 18.3 Å². The number of esters is 1. The summed E-state index contributed by atoms with van der Waals surface area (Å²) in [5.74, 6) is -1.20. The van der Waals surface area contributed by atoms with E-state index in [2.05, 4.69) is 0 Å². The summed E-state index contributed by atoms with van der Waals surface area (Å²) >= 11 is 0. The van der Waals surface area contributed by atoms with Crippen molar-refractivity contribution in [2.75, 3.05) is 13.6 Å². The third-order valence-corrected chi connectivity index (χ3v) is 2.43. The summed E-state index contributed by atoms with van der Waals surface area (Å²) in [6.45, 7) is 5.15. The number of likely N-dealkylation sites (N-methyl/N-ethyl adjacent to an activating group) is 1. The average molecular weight is 293 g/mol. The molecule has 0 N–H and O–H groups in total. The molecule has 0 saturated carbocycles. The highest BCUT2D eigenvalue weighted by Crippen LogP contribution is 2.08. The Bertz CT molecular complexity index is 547.